The number of hydrogen-bond acceptors (Lipinski definition) is 1. The van der Waals surface area contributed by atoms with Gasteiger partial charge < -0.3 is 5.11 Å². The number of rotatable bonds is 4. The van der Waals surface area contributed by atoms with Crippen LogP contribution < -0.4 is 0 Å². The highest BCUT2D eigenvalue weighted by molar-refractivity contribution is 5.25. The van der Waals surface area contributed by atoms with Crippen LogP contribution in [0.1, 0.15) is 24.0 Å². The molecule has 0 spiro atoms. The zero-order valence-corrected chi connectivity index (χ0v) is 10.1. The lowest BCUT2D eigenvalue weighted by atomic mass is 9.88. The van der Waals surface area contributed by atoms with Gasteiger partial charge >= 0.3 is 0 Å². The molecule has 0 radical (unpaired) electrons. The summed E-state index contributed by atoms with van der Waals surface area (Å²) in [4.78, 5) is 0. The molecule has 0 unspecified atom stereocenters. The Morgan fingerprint density at radius 2 is 1.41 bits per heavy atom. The zero-order valence-electron chi connectivity index (χ0n) is 10.1. The molecule has 1 heteroatoms. The Morgan fingerprint density at radius 1 is 0.882 bits per heavy atom. The van der Waals surface area contributed by atoms with Crippen molar-refractivity contribution in [2.24, 2.45) is 0 Å². The highest BCUT2D eigenvalue weighted by atomic mass is 16.3. The van der Waals surface area contributed by atoms with E-state index in [0.717, 1.165) is 6.42 Å². The third-order valence-electron chi connectivity index (χ3n) is 3.11. The first-order valence-electron chi connectivity index (χ1n) is 6.04. The van der Waals surface area contributed by atoms with Crippen molar-refractivity contribution in [3.8, 4) is 0 Å². The second kappa shape index (κ2) is 5.65. The molecule has 0 heterocycles. The molecule has 0 aromatic heterocycles. The predicted molar refractivity (Wildman–Crippen MR) is 71.0 cm³/mol. The first kappa shape index (κ1) is 11.9. The molecule has 0 aliphatic heterocycles. The van der Waals surface area contributed by atoms with E-state index in [1.54, 1.807) is 0 Å². The average molecular weight is 226 g/mol. The molecule has 0 saturated heterocycles. The van der Waals surface area contributed by atoms with Gasteiger partial charge in [-0.2, -0.15) is 0 Å². The van der Waals surface area contributed by atoms with E-state index < -0.39 is 0 Å². The first-order valence-corrected chi connectivity index (χ1v) is 6.04. The molecular formula is C16H18O. The monoisotopic (exact) mass is 226 g/mol. The summed E-state index contributed by atoms with van der Waals surface area (Å²) < 4.78 is 0. The van der Waals surface area contributed by atoms with Crippen molar-refractivity contribution in [1.82, 2.24) is 0 Å². The van der Waals surface area contributed by atoms with E-state index in [4.69, 9.17) is 0 Å². The fourth-order valence-electron chi connectivity index (χ4n) is 2.14. The summed E-state index contributed by atoms with van der Waals surface area (Å²) in [6, 6.07) is 20.5. The first-order chi connectivity index (χ1) is 8.27. The number of benzene rings is 2. The Labute approximate surface area is 103 Å². The van der Waals surface area contributed by atoms with Gasteiger partial charge in [0.15, 0.2) is 0 Å². The lowest BCUT2D eigenvalue weighted by Crippen LogP contribution is -2.17. The summed E-state index contributed by atoms with van der Waals surface area (Å²) in [5.74, 6) is 0.165. The van der Waals surface area contributed by atoms with Crippen LogP contribution in [0.3, 0.4) is 0 Å². The maximum absolute atomic E-state index is 9.93. The molecule has 1 N–H and O–H groups in total. The third kappa shape index (κ3) is 3.18. The predicted octanol–water partition coefficient (Wildman–Crippen LogP) is 3.39. The topological polar surface area (TPSA) is 20.2 Å². The van der Waals surface area contributed by atoms with Gasteiger partial charge in [0.2, 0.25) is 0 Å². The van der Waals surface area contributed by atoms with Crippen molar-refractivity contribution < 1.29 is 5.11 Å². The van der Waals surface area contributed by atoms with Crippen molar-refractivity contribution in [3.05, 3.63) is 71.8 Å². The van der Waals surface area contributed by atoms with Gasteiger partial charge in [0.25, 0.3) is 0 Å². The van der Waals surface area contributed by atoms with Crippen LogP contribution in [0.15, 0.2) is 60.7 Å². The molecule has 17 heavy (non-hydrogen) atoms. The summed E-state index contributed by atoms with van der Waals surface area (Å²) in [6.45, 7) is 1.86. The van der Waals surface area contributed by atoms with Crippen LogP contribution in [0.5, 0.6) is 0 Å². The molecular weight excluding hydrogens is 208 g/mol. The minimum atomic E-state index is -0.336. The normalized spacial score (nSPS) is 14.2. The summed E-state index contributed by atoms with van der Waals surface area (Å²) in [5, 5.41) is 9.93. The molecule has 0 aliphatic carbocycles. The van der Waals surface area contributed by atoms with Gasteiger partial charge in [-0.15, -0.1) is 0 Å². The van der Waals surface area contributed by atoms with Crippen molar-refractivity contribution in [2.75, 3.05) is 0 Å². The SMILES string of the molecule is C[C@@H](O)[C@@H](Cc1ccccc1)c1ccccc1. The molecule has 2 aromatic rings. The van der Waals surface area contributed by atoms with Gasteiger partial charge in [0.1, 0.15) is 0 Å². The molecule has 0 amide bonds. The summed E-state index contributed by atoms with van der Waals surface area (Å²) in [5.41, 5.74) is 2.47. The zero-order chi connectivity index (χ0) is 12.1. The molecule has 1 nitrogen and oxygen atoms in total. The Morgan fingerprint density at radius 3 is 1.94 bits per heavy atom. The van der Waals surface area contributed by atoms with Crippen molar-refractivity contribution in [1.29, 1.82) is 0 Å². The highest BCUT2D eigenvalue weighted by Gasteiger charge is 2.17. The quantitative estimate of drug-likeness (QED) is 0.847. The molecule has 2 rings (SSSR count). The van der Waals surface area contributed by atoms with Gasteiger partial charge in [-0.05, 0) is 24.5 Å². The maximum atomic E-state index is 9.93. The van der Waals surface area contributed by atoms with Crippen molar-refractivity contribution >= 4 is 0 Å². The van der Waals surface area contributed by atoms with Gasteiger partial charge in [-0.3, -0.25) is 0 Å². The molecule has 0 bridgehead atoms. The van der Waals surface area contributed by atoms with Crippen LogP contribution in [0.2, 0.25) is 0 Å². The van der Waals surface area contributed by atoms with E-state index in [1.165, 1.54) is 11.1 Å². The van der Waals surface area contributed by atoms with Gasteiger partial charge in [-0.25, -0.2) is 0 Å². The van der Waals surface area contributed by atoms with E-state index in [-0.39, 0.29) is 12.0 Å². The summed E-state index contributed by atoms with van der Waals surface area (Å²) >= 11 is 0. The Bertz CT molecular complexity index is 434. The number of hydrogen-bond donors (Lipinski definition) is 1. The van der Waals surface area contributed by atoms with Crippen LogP contribution in [0.25, 0.3) is 0 Å². The lowest BCUT2D eigenvalue weighted by Gasteiger charge is -2.20. The smallest absolute Gasteiger partial charge is 0.0583 e. The van der Waals surface area contributed by atoms with Gasteiger partial charge in [0.05, 0.1) is 6.10 Å². The van der Waals surface area contributed by atoms with Crippen molar-refractivity contribution in [3.63, 3.8) is 0 Å². The average Bonchev–Trinajstić information content (AvgIpc) is 2.38. The van der Waals surface area contributed by atoms with E-state index in [2.05, 4.69) is 24.3 Å². The van der Waals surface area contributed by atoms with Crippen molar-refractivity contribution in [2.45, 2.75) is 25.4 Å². The minimum Gasteiger partial charge on any atom is -0.393 e. The Hall–Kier alpha value is -1.60. The fraction of sp³-hybridized carbons (Fsp3) is 0.250. The minimum absolute atomic E-state index is 0.165. The lowest BCUT2D eigenvalue weighted by molar-refractivity contribution is 0.161. The number of aliphatic hydroxyl groups is 1. The molecule has 0 fully saturated rings. The second-order valence-electron chi connectivity index (χ2n) is 4.45. The largest absolute Gasteiger partial charge is 0.393 e. The van der Waals surface area contributed by atoms with Crippen LogP contribution >= 0.6 is 0 Å². The summed E-state index contributed by atoms with van der Waals surface area (Å²) in [6.07, 6.45) is 0.542. The maximum Gasteiger partial charge on any atom is 0.0583 e. The molecule has 88 valence electrons. The van der Waals surface area contributed by atoms with E-state index in [0.29, 0.717) is 0 Å². The summed E-state index contributed by atoms with van der Waals surface area (Å²) in [7, 11) is 0. The third-order valence-corrected chi connectivity index (χ3v) is 3.11. The molecule has 0 aliphatic rings. The second-order valence-corrected chi connectivity index (χ2v) is 4.45. The van der Waals surface area contributed by atoms with E-state index in [9.17, 15) is 5.11 Å². The van der Waals surface area contributed by atoms with E-state index in [1.807, 2.05) is 43.3 Å². The van der Waals surface area contributed by atoms with E-state index >= 15 is 0 Å². The van der Waals surface area contributed by atoms with Gasteiger partial charge in [0, 0.05) is 5.92 Å². The highest BCUT2D eigenvalue weighted by Crippen LogP contribution is 2.24. The molecule has 0 saturated carbocycles. The Balaban J connectivity index is 2.20. The standard InChI is InChI=1S/C16H18O/c1-13(17)16(15-10-6-3-7-11-15)12-14-8-4-2-5-9-14/h2-11,13,16-17H,12H2,1H3/t13-,16-/m1/s1. The van der Waals surface area contributed by atoms with Crippen LogP contribution in [0, 0.1) is 0 Å². The molecule has 2 atom stereocenters. The van der Waals surface area contributed by atoms with Crippen LogP contribution in [-0.2, 0) is 6.42 Å². The fourth-order valence-corrected chi connectivity index (χ4v) is 2.14. The van der Waals surface area contributed by atoms with Gasteiger partial charge in [-0.1, -0.05) is 60.7 Å². The van der Waals surface area contributed by atoms with Crippen LogP contribution in [-0.4, -0.2) is 11.2 Å². The molecule has 2 aromatic carbocycles. The van der Waals surface area contributed by atoms with Crippen LogP contribution in [0.4, 0.5) is 0 Å². The number of aliphatic hydroxyl groups excluding tert-OH is 1. The Kier molecular flexibility index (Phi) is 3.94.